The lowest BCUT2D eigenvalue weighted by molar-refractivity contribution is -0.119. The van der Waals surface area contributed by atoms with Gasteiger partial charge in [-0.25, -0.2) is 9.36 Å². The van der Waals surface area contributed by atoms with Gasteiger partial charge in [-0.2, -0.15) is 0 Å². The van der Waals surface area contributed by atoms with E-state index in [-0.39, 0.29) is 12.5 Å². The van der Waals surface area contributed by atoms with E-state index in [2.05, 4.69) is 0 Å². The Morgan fingerprint density at radius 2 is 1.94 bits per heavy atom. The van der Waals surface area contributed by atoms with Crippen LogP contribution in [0, 0.1) is 6.92 Å². The van der Waals surface area contributed by atoms with Crippen LogP contribution in [0.4, 0.5) is 5.69 Å². The number of fused-ring (bicyclic) bond motifs is 2. The lowest BCUT2D eigenvalue weighted by atomic mass is 10.1. The Bertz CT molecular complexity index is 1500. The first kappa shape index (κ1) is 21.0. The number of hydrogen-bond acceptors (Lipinski definition) is 6. The van der Waals surface area contributed by atoms with Gasteiger partial charge in [-0.1, -0.05) is 18.2 Å². The van der Waals surface area contributed by atoms with Crippen molar-refractivity contribution < 1.29 is 14.3 Å². The molecule has 0 saturated carbocycles. The number of hydrogen-bond donors (Lipinski definition) is 0. The van der Waals surface area contributed by atoms with Crippen LogP contribution in [0.15, 0.2) is 63.5 Å². The number of para-hydroxylation sites is 2. The van der Waals surface area contributed by atoms with Crippen LogP contribution in [-0.2, 0) is 11.3 Å². The van der Waals surface area contributed by atoms with Gasteiger partial charge in [0.05, 0.1) is 30.5 Å². The largest absolute Gasteiger partial charge is 0.495 e. The van der Waals surface area contributed by atoms with Gasteiger partial charge in [0, 0.05) is 0 Å². The molecular formula is C24H21N3O5S. The minimum atomic E-state index is -0.596. The highest BCUT2D eigenvalue weighted by molar-refractivity contribution is 7.17. The number of aryl methyl sites for hydroxylation is 1. The maximum atomic E-state index is 13.6. The number of rotatable bonds is 4. The van der Waals surface area contributed by atoms with Crippen molar-refractivity contribution in [2.24, 2.45) is 0 Å². The topological polar surface area (TPSA) is 82.8 Å². The Labute approximate surface area is 192 Å². The van der Waals surface area contributed by atoms with Gasteiger partial charge in [-0.3, -0.25) is 14.2 Å². The SMILES string of the molecule is COc1ccccc1-n1c(=O)c2sccc2n(CC(=O)N2CCOc3ccc(C)cc32)c1=O. The number of methoxy groups -OCH3 is 1. The molecule has 0 unspecified atom stereocenters. The predicted octanol–water partition coefficient (Wildman–Crippen LogP) is 2.96. The van der Waals surface area contributed by atoms with Gasteiger partial charge in [0.2, 0.25) is 5.91 Å². The Kier molecular flexibility index (Phi) is 5.26. The van der Waals surface area contributed by atoms with Gasteiger partial charge >= 0.3 is 5.69 Å². The molecule has 2 aromatic heterocycles. The fraction of sp³-hybridized carbons (Fsp3) is 0.208. The van der Waals surface area contributed by atoms with Crippen molar-refractivity contribution in [2.75, 3.05) is 25.2 Å². The summed E-state index contributed by atoms with van der Waals surface area (Å²) < 4.78 is 13.9. The zero-order valence-corrected chi connectivity index (χ0v) is 18.9. The van der Waals surface area contributed by atoms with E-state index in [0.717, 1.165) is 10.1 Å². The first-order chi connectivity index (χ1) is 16.0. The minimum absolute atomic E-state index is 0.213. The summed E-state index contributed by atoms with van der Waals surface area (Å²) in [6.07, 6.45) is 0. The number of amides is 1. The number of aromatic nitrogens is 2. The maximum Gasteiger partial charge on any atom is 0.336 e. The molecule has 3 heterocycles. The lowest BCUT2D eigenvalue weighted by Gasteiger charge is -2.30. The number of benzene rings is 2. The maximum absolute atomic E-state index is 13.6. The van der Waals surface area contributed by atoms with Crippen LogP contribution < -0.4 is 25.6 Å². The molecule has 0 saturated heterocycles. The molecule has 0 radical (unpaired) electrons. The van der Waals surface area contributed by atoms with Crippen LogP contribution in [0.2, 0.25) is 0 Å². The molecule has 5 rings (SSSR count). The molecule has 2 aromatic carbocycles. The molecule has 0 spiro atoms. The number of carbonyl (C=O) groups excluding carboxylic acids is 1. The highest BCUT2D eigenvalue weighted by Gasteiger charge is 2.26. The van der Waals surface area contributed by atoms with E-state index in [4.69, 9.17) is 9.47 Å². The van der Waals surface area contributed by atoms with Gasteiger partial charge < -0.3 is 14.4 Å². The third-order valence-corrected chi connectivity index (χ3v) is 6.54. The number of carbonyl (C=O) groups is 1. The molecule has 0 atom stereocenters. The predicted molar refractivity (Wildman–Crippen MR) is 127 cm³/mol. The summed E-state index contributed by atoms with van der Waals surface area (Å²) in [6.45, 7) is 2.48. The smallest absolute Gasteiger partial charge is 0.336 e. The molecule has 168 valence electrons. The fourth-order valence-corrected chi connectivity index (χ4v) is 4.90. The zero-order valence-electron chi connectivity index (χ0n) is 18.1. The Morgan fingerprint density at radius 3 is 2.76 bits per heavy atom. The summed E-state index contributed by atoms with van der Waals surface area (Å²) in [7, 11) is 1.48. The third kappa shape index (κ3) is 3.50. The van der Waals surface area contributed by atoms with Crippen molar-refractivity contribution >= 4 is 33.1 Å². The first-order valence-corrected chi connectivity index (χ1v) is 11.3. The van der Waals surface area contributed by atoms with Crippen molar-refractivity contribution in [3.8, 4) is 17.2 Å². The standard InChI is InChI=1S/C24H21N3O5S/c1-15-7-8-20-18(13-15)25(10-11-32-20)21(28)14-26-17-9-12-33-22(17)23(29)27(24(26)30)16-5-3-4-6-19(16)31-2/h3-9,12-13H,10-11,14H2,1-2H3. The summed E-state index contributed by atoms with van der Waals surface area (Å²) in [5, 5.41) is 1.74. The van der Waals surface area contributed by atoms with Crippen LogP contribution in [0.5, 0.6) is 11.5 Å². The number of nitrogens with zero attached hydrogens (tertiary/aromatic N) is 3. The molecule has 4 aromatic rings. The molecule has 9 heteroatoms. The molecule has 0 bridgehead atoms. The second-order valence-electron chi connectivity index (χ2n) is 7.68. The Morgan fingerprint density at radius 1 is 1.12 bits per heavy atom. The number of anilines is 1. The minimum Gasteiger partial charge on any atom is -0.495 e. The molecule has 0 fully saturated rings. The molecule has 1 aliphatic heterocycles. The highest BCUT2D eigenvalue weighted by atomic mass is 32.1. The highest BCUT2D eigenvalue weighted by Crippen LogP contribution is 2.32. The third-order valence-electron chi connectivity index (χ3n) is 5.65. The second kappa shape index (κ2) is 8.25. The monoisotopic (exact) mass is 463 g/mol. The second-order valence-corrected chi connectivity index (χ2v) is 8.60. The molecule has 0 aliphatic carbocycles. The van der Waals surface area contributed by atoms with Gasteiger partial charge in [-0.15, -0.1) is 11.3 Å². The van der Waals surface area contributed by atoms with Crippen LogP contribution in [0.25, 0.3) is 15.9 Å². The van der Waals surface area contributed by atoms with E-state index in [1.807, 2.05) is 25.1 Å². The normalized spacial score (nSPS) is 13.0. The first-order valence-electron chi connectivity index (χ1n) is 10.4. The van der Waals surface area contributed by atoms with Crippen molar-refractivity contribution in [2.45, 2.75) is 13.5 Å². The van der Waals surface area contributed by atoms with E-state index in [0.29, 0.717) is 46.2 Å². The Hall–Kier alpha value is -3.85. The van der Waals surface area contributed by atoms with E-state index >= 15 is 0 Å². The average Bonchev–Trinajstić information content (AvgIpc) is 3.32. The zero-order chi connectivity index (χ0) is 23.1. The number of thiophene rings is 1. The van der Waals surface area contributed by atoms with Crippen LogP contribution in [-0.4, -0.2) is 35.3 Å². The summed E-state index contributed by atoms with van der Waals surface area (Å²) in [5.74, 6) is 0.764. The van der Waals surface area contributed by atoms with E-state index in [1.165, 1.54) is 23.0 Å². The Balaban J connectivity index is 1.64. The van der Waals surface area contributed by atoms with Gasteiger partial charge in [0.1, 0.15) is 29.4 Å². The summed E-state index contributed by atoms with van der Waals surface area (Å²) in [6, 6.07) is 14.2. The van der Waals surface area contributed by atoms with E-state index < -0.39 is 11.2 Å². The summed E-state index contributed by atoms with van der Waals surface area (Å²) in [4.78, 5) is 41.8. The fourth-order valence-electron chi connectivity index (χ4n) is 4.07. The molecular weight excluding hydrogens is 442 g/mol. The summed E-state index contributed by atoms with van der Waals surface area (Å²) in [5.41, 5.74) is 1.41. The van der Waals surface area contributed by atoms with Crippen LogP contribution in [0.1, 0.15) is 5.56 Å². The van der Waals surface area contributed by atoms with Crippen LogP contribution in [0.3, 0.4) is 0 Å². The van der Waals surface area contributed by atoms with Crippen LogP contribution >= 0.6 is 11.3 Å². The lowest BCUT2D eigenvalue weighted by Crippen LogP contribution is -2.44. The number of ether oxygens (including phenoxy) is 2. The van der Waals surface area contributed by atoms with Crippen molar-refractivity contribution in [1.29, 1.82) is 0 Å². The van der Waals surface area contributed by atoms with E-state index in [9.17, 15) is 14.4 Å². The average molecular weight is 464 g/mol. The van der Waals surface area contributed by atoms with Gasteiger partial charge in [0.15, 0.2) is 0 Å². The summed E-state index contributed by atoms with van der Waals surface area (Å²) >= 11 is 1.23. The van der Waals surface area contributed by atoms with Gasteiger partial charge in [0.25, 0.3) is 5.56 Å². The van der Waals surface area contributed by atoms with Crippen molar-refractivity contribution in [3.63, 3.8) is 0 Å². The molecule has 1 aliphatic rings. The molecule has 8 nitrogen and oxygen atoms in total. The van der Waals surface area contributed by atoms with E-state index in [1.54, 1.807) is 40.6 Å². The van der Waals surface area contributed by atoms with Gasteiger partial charge in [-0.05, 0) is 48.2 Å². The molecule has 33 heavy (non-hydrogen) atoms. The molecule has 1 amide bonds. The van der Waals surface area contributed by atoms with Crippen molar-refractivity contribution in [1.82, 2.24) is 9.13 Å². The quantitative estimate of drug-likeness (QED) is 0.465. The van der Waals surface area contributed by atoms with Crippen molar-refractivity contribution in [3.05, 3.63) is 80.3 Å². The molecule has 0 N–H and O–H groups in total.